The van der Waals surface area contributed by atoms with Crippen molar-refractivity contribution in [1.82, 2.24) is 0 Å². The molecule has 1 fully saturated rings. The molecule has 0 bridgehead atoms. The molecule has 1 aromatic carbocycles. The van der Waals surface area contributed by atoms with Crippen LogP contribution in [-0.4, -0.2) is 33.0 Å². The first-order valence-electron chi connectivity index (χ1n) is 5.57. The van der Waals surface area contributed by atoms with Crippen molar-refractivity contribution in [3.63, 3.8) is 0 Å². The van der Waals surface area contributed by atoms with Gasteiger partial charge in [0.05, 0.1) is 17.2 Å². The minimum Gasteiger partial charge on any atom is -0.367 e. The van der Waals surface area contributed by atoms with Crippen LogP contribution in [0.15, 0.2) is 12.1 Å². The lowest BCUT2D eigenvalue weighted by molar-refractivity contribution is 0.496. The third-order valence-electron chi connectivity index (χ3n) is 3.05. The number of halogens is 2. The molecule has 7 heteroatoms. The zero-order valence-electron chi connectivity index (χ0n) is 9.70. The Labute approximate surface area is 104 Å². The third kappa shape index (κ3) is 2.46. The molecule has 0 unspecified atom stereocenters. The van der Waals surface area contributed by atoms with E-state index < -0.39 is 21.5 Å². The molecule has 0 aliphatic carbocycles. The summed E-state index contributed by atoms with van der Waals surface area (Å²) in [6, 6.07) is 2.87. The molecule has 0 amide bonds. The normalized spacial score (nSPS) is 18.9. The first-order chi connectivity index (χ1) is 8.44. The molecule has 2 rings (SSSR count). The van der Waals surface area contributed by atoms with Crippen LogP contribution in [0.2, 0.25) is 0 Å². The van der Waals surface area contributed by atoms with E-state index in [1.165, 1.54) is 12.1 Å². The molecule has 1 aliphatic rings. The van der Waals surface area contributed by atoms with Crippen LogP contribution in [0.4, 0.5) is 14.5 Å². The van der Waals surface area contributed by atoms with E-state index >= 15 is 0 Å². The maximum atomic E-state index is 13.8. The van der Waals surface area contributed by atoms with Crippen LogP contribution < -0.4 is 10.6 Å². The van der Waals surface area contributed by atoms with Gasteiger partial charge in [-0.05, 0) is 6.07 Å². The Hall–Kier alpha value is -1.21. The van der Waals surface area contributed by atoms with Gasteiger partial charge in [0.1, 0.15) is 0 Å². The zero-order chi connectivity index (χ0) is 13.3. The third-order valence-corrected chi connectivity index (χ3v) is 4.66. The highest BCUT2D eigenvalue weighted by molar-refractivity contribution is 7.91. The van der Waals surface area contributed by atoms with Crippen LogP contribution in [0, 0.1) is 11.6 Å². The number of hydrogen-bond donors (Lipinski definition) is 1. The Bertz CT molecular complexity index is 546. The van der Waals surface area contributed by atoms with E-state index in [4.69, 9.17) is 5.73 Å². The second kappa shape index (κ2) is 4.81. The molecule has 0 saturated carbocycles. The van der Waals surface area contributed by atoms with Gasteiger partial charge in [-0.15, -0.1) is 0 Å². The molecule has 1 aromatic rings. The number of benzene rings is 1. The summed E-state index contributed by atoms with van der Waals surface area (Å²) in [5.41, 5.74) is 5.49. The number of hydrogen-bond acceptors (Lipinski definition) is 4. The minimum absolute atomic E-state index is 0.0350. The molecule has 0 aromatic heterocycles. The molecular weight excluding hydrogens is 262 g/mol. The fraction of sp³-hybridized carbons (Fsp3) is 0.455. The second-order valence-corrected chi connectivity index (χ2v) is 6.52. The Morgan fingerprint density at radius 3 is 2.33 bits per heavy atom. The predicted octanol–water partition coefficient (Wildman–Crippen LogP) is 0.658. The summed E-state index contributed by atoms with van der Waals surface area (Å²) in [6.07, 6.45) is 0. The first kappa shape index (κ1) is 13.2. The number of nitrogens with zero attached hydrogens (tertiary/aromatic N) is 1. The molecule has 18 heavy (non-hydrogen) atoms. The average molecular weight is 276 g/mol. The van der Waals surface area contributed by atoms with Crippen molar-refractivity contribution in [2.24, 2.45) is 5.73 Å². The van der Waals surface area contributed by atoms with Gasteiger partial charge in [0.2, 0.25) is 0 Å². The van der Waals surface area contributed by atoms with Gasteiger partial charge in [-0.1, -0.05) is 6.07 Å². The predicted molar refractivity (Wildman–Crippen MR) is 65.1 cm³/mol. The maximum absolute atomic E-state index is 13.8. The van der Waals surface area contributed by atoms with Crippen LogP contribution in [0.3, 0.4) is 0 Å². The molecule has 2 N–H and O–H groups in total. The highest BCUT2D eigenvalue weighted by Gasteiger charge is 2.25. The van der Waals surface area contributed by atoms with Crippen molar-refractivity contribution in [2.75, 3.05) is 29.5 Å². The van der Waals surface area contributed by atoms with E-state index in [-0.39, 0.29) is 42.4 Å². The molecule has 1 aliphatic heterocycles. The highest BCUT2D eigenvalue weighted by atomic mass is 32.2. The Balaban J connectivity index is 2.28. The Morgan fingerprint density at radius 2 is 1.78 bits per heavy atom. The van der Waals surface area contributed by atoms with Crippen molar-refractivity contribution >= 4 is 15.5 Å². The lowest BCUT2D eigenvalue weighted by atomic mass is 10.1. The van der Waals surface area contributed by atoms with Gasteiger partial charge in [0.25, 0.3) is 0 Å². The fourth-order valence-electron chi connectivity index (χ4n) is 1.93. The van der Waals surface area contributed by atoms with Crippen LogP contribution in [0.25, 0.3) is 0 Å². The van der Waals surface area contributed by atoms with E-state index in [1.807, 2.05) is 0 Å². The van der Waals surface area contributed by atoms with E-state index in [1.54, 1.807) is 4.90 Å². The lowest BCUT2D eigenvalue weighted by Gasteiger charge is -2.29. The molecule has 4 nitrogen and oxygen atoms in total. The summed E-state index contributed by atoms with van der Waals surface area (Å²) in [7, 11) is -3.04. The first-order valence-corrected chi connectivity index (χ1v) is 7.39. The van der Waals surface area contributed by atoms with Crippen molar-refractivity contribution in [1.29, 1.82) is 0 Å². The summed E-state index contributed by atoms with van der Waals surface area (Å²) < 4.78 is 49.9. The van der Waals surface area contributed by atoms with Gasteiger partial charge in [0.15, 0.2) is 21.5 Å². The van der Waals surface area contributed by atoms with Crippen LogP contribution in [0.1, 0.15) is 5.56 Å². The van der Waals surface area contributed by atoms with Gasteiger partial charge in [0, 0.05) is 25.2 Å². The average Bonchev–Trinajstić information content (AvgIpc) is 2.33. The molecular formula is C11H14F2N2O2S. The van der Waals surface area contributed by atoms with Gasteiger partial charge in [-0.2, -0.15) is 0 Å². The van der Waals surface area contributed by atoms with E-state index in [0.29, 0.717) is 0 Å². The van der Waals surface area contributed by atoms with Crippen molar-refractivity contribution < 1.29 is 17.2 Å². The summed E-state index contributed by atoms with van der Waals surface area (Å²) in [5.74, 6) is -1.99. The SMILES string of the molecule is NCc1ccc(N2CCS(=O)(=O)CC2)c(F)c1F. The largest absolute Gasteiger partial charge is 0.367 e. The minimum atomic E-state index is -3.04. The fourth-order valence-corrected chi connectivity index (χ4v) is 3.14. The molecule has 100 valence electrons. The summed E-state index contributed by atoms with van der Waals surface area (Å²) in [5, 5.41) is 0. The topological polar surface area (TPSA) is 63.4 Å². The molecule has 0 spiro atoms. The molecule has 1 saturated heterocycles. The molecule has 0 atom stereocenters. The van der Waals surface area contributed by atoms with Crippen LogP contribution in [-0.2, 0) is 16.4 Å². The lowest BCUT2D eigenvalue weighted by Crippen LogP contribution is -2.40. The van der Waals surface area contributed by atoms with Gasteiger partial charge in [-0.25, -0.2) is 17.2 Å². The Kier molecular flexibility index (Phi) is 3.54. The highest BCUT2D eigenvalue weighted by Crippen LogP contribution is 2.25. The van der Waals surface area contributed by atoms with Gasteiger partial charge in [-0.3, -0.25) is 0 Å². The van der Waals surface area contributed by atoms with Crippen LogP contribution in [0.5, 0.6) is 0 Å². The zero-order valence-corrected chi connectivity index (χ0v) is 10.5. The number of anilines is 1. The van der Waals surface area contributed by atoms with Gasteiger partial charge < -0.3 is 10.6 Å². The van der Waals surface area contributed by atoms with Crippen molar-refractivity contribution in [3.05, 3.63) is 29.3 Å². The monoisotopic (exact) mass is 276 g/mol. The molecule has 0 radical (unpaired) electrons. The second-order valence-electron chi connectivity index (χ2n) is 4.21. The van der Waals surface area contributed by atoms with E-state index in [0.717, 1.165) is 0 Å². The molecule has 1 heterocycles. The quantitative estimate of drug-likeness (QED) is 0.862. The number of nitrogens with two attached hydrogens (primary N) is 1. The summed E-state index contributed by atoms with van der Waals surface area (Å²) >= 11 is 0. The summed E-state index contributed by atoms with van der Waals surface area (Å²) in [4.78, 5) is 1.54. The number of sulfone groups is 1. The van der Waals surface area contributed by atoms with Gasteiger partial charge >= 0.3 is 0 Å². The van der Waals surface area contributed by atoms with Crippen molar-refractivity contribution in [2.45, 2.75) is 6.54 Å². The maximum Gasteiger partial charge on any atom is 0.182 e. The Morgan fingerprint density at radius 1 is 1.17 bits per heavy atom. The number of rotatable bonds is 2. The van der Waals surface area contributed by atoms with Crippen LogP contribution >= 0.6 is 0 Å². The summed E-state index contributed by atoms with van der Waals surface area (Å²) in [6.45, 7) is 0.290. The smallest absolute Gasteiger partial charge is 0.182 e. The van der Waals surface area contributed by atoms with Crippen molar-refractivity contribution in [3.8, 4) is 0 Å². The van der Waals surface area contributed by atoms with E-state index in [2.05, 4.69) is 0 Å². The van der Waals surface area contributed by atoms with E-state index in [9.17, 15) is 17.2 Å². The standard InChI is InChI=1S/C11H14F2N2O2S/c12-10-8(7-14)1-2-9(11(10)13)15-3-5-18(16,17)6-4-15/h1-2H,3-7,14H2.